The number of aryl methyl sites for hydroxylation is 1. The minimum absolute atomic E-state index is 0.0818. The molecule has 2 N–H and O–H groups in total. The van der Waals surface area contributed by atoms with E-state index in [-0.39, 0.29) is 24.5 Å². The highest BCUT2D eigenvalue weighted by molar-refractivity contribution is 7.98. The molecule has 9 heteroatoms. The van der Waals surface area contributed by atoms with E-state index in [1.54, 1.807) is 23.6 Å². The van der Waals surface area contributed by atoms with E-state index >= 15 is 0 Å². The van der Waals surface area contributed by atoms with E-state index in [0.717, 1.165) is 53.5 Å². The minimum atomic E-state index is -0.127. The Morgan fingerprint density at radius 3 is 2.84 bits per heavy atom. The number of amides is 2. The fourth-order valence-electron chi connectivity index (χ4n) is 3.79. The Bertz CT molecular complexity index is 922. The molecule has 3 heterocycles. The third kappa shape index (κ3) is 5.59. The summed E-state index contributed by atoms with van der Waals surface area (Å²) in [5, 5.41) is 10.5. The molecule has 2 aromatic rings. The number of hydrogen-bond donors (Lipinski definition) is 2. The zero-order valence-electron chi connectivity index (χ0n) is 17.7. The van der Waals surface area contributed by atoms with E-state index in [0.29, 0.717) is 25.2 Å². The number of nitrogens with one attached hydrogen (secondary N) is 2. The largest absolute Gasteiger partial charge is 0.497 e. The second-order valence-corrected chi connectivity index (χ2v) is 8.75. The summed E-state index contributed by atoms with van der Waals surface area (Å²) in [5.74, 6) is 2.82. The molecule has 2 amide bonds. The highest BCUT2D eigenvalue weighted by Crippen LogP contribution is 2.34. The molecule has 8 nitrogen and oxygen atoms in total. The van der Waals surface area contributed by atoms with Crippen LogP contribution in [0.3, 0.4) is 0 Å². The average Bonchev–Trinajstić information content (AvgIpc) is 3.51. The van der Waals surface area contributed by atoms with Crippen molar-refractivity contribution in [3.8, 4) is 5.75 Å². The van der Waals surface area contributed by atoms with Crippen LogP contribution in [0.1, 0.15) is 36.1 Å². The van der Waals surface area contributed by atoms with Gasteiger partial charge >= 0.3 is 0 Å². The molecule has 2 aliphatic heterocycles. The number of nitrogens with zero attached hydrogens (tertiary/aromatic N) is 2. The molecule has 0 aliphatic carbocycles. The molecule has 1 fully saturated rings. The number of carbonyl (C=O) groups is 2. The molecule has 31 heavy (non-hydrogen) atoms. The molecule has 0 spiro atoms. The van der Waals surface area contributed by atoms with E-state index < -0.39 is 0 Å². The molecule has 1 saturated heterocycles. The van der Waals surface area contributed by atoms with Gasteiger partial charge in [-0.25, -0.2) is 4.68 Å². The zero-order valence-corrected chi connectivity index (χ0v) is 18.5. The Labute approximate surface area is 186 Å². The number of benzene rings is 1. The Kier molecular flexibility index (Phi) is 7.14. The number of anilines is 1. The summed E-state index contributed by atoms with van der Waals surface area (Å²) in [6.07, 6.45) is 3.09. The summed E-state index contributed by atoms with van der Waals surface area (Å²) < 4.78 is 12.3. The number of aromatic nitrogens is 2. The van der Waals surface area contributed by atoms with E-state index in [9.17, 15) is 9.59 Å². The predicted molar refractivity (Wildman–Crippen MR) is 119 cm³/mol. The molecular weight excluding hydrogens is 416 g/mol. The van der Waals surface area contributed by atoms with Crippen molar-refractivity contribution >= 4 is 29.4 Å². The van der Waals surface area contributed by atoms with Crippen LogP contribution >= 0.6 is 11.8 Å². The van der Waals surface area contributed by atoms with Gasteiger partial charge in [0.15, 0.2) is 0 Å². The first-order chi connectivity index (χ1) is 15.1. The summed E-state index contributed by atoms with van der Waals surface area (Å²) in [7, 11) is 1.63. The molecule has 0 radical (unpaired) electrons. The maximum absolute atomic E-state index is 12.6. The first-order valence-corrected chi connectivity index (χ1v) is 11.7. The number of hydrogen-bond acceptors (Lipinski definition) is 6. The maximum Gasteiger partial charge on any atom is 0.241 e. The van der Waals surface area contributed by atoms with E-state index in [1.807, 2.05) is 24.3 Å². The number of fused-ring (bicyclic) bond motifs is 1. The van der Waals surface area contributed by atoms with Gasteiger partial charge in [-0.2, -0.15) is 16.9 Å². The smallest absolute Gasteiger partial charge is 0.241 e. The Hall–Kier alpha value is -2.52. The van der Waals surface area contributed by atoms with Crippen LogP contribution in [0.15, 0.2) is 24.3 Å². The lowest BCUT2D eigenvalue weighted by molar-refractivity contribution is -0.122. The second kappa shape index (κ2) is 10.2. The Balaban J connectivity index is 1.35. The van der Waals surface area contributed by atoms with Gasteiger partial charge in [-0.3, -0.25) is 9.59 Å². The molecule has 0 unspecified atom stereocenters. The van der Waals surface area contributed by atoms with Gasteiger partial charge in [-0.05, 0) is 37.0 Å². The van der Waals surface area contributed by atoms with Gasteiger partial charge in [0.2, 0.25) is 11.8 Å². The molecule has 2 aliphatic rings. The van der Waals surface area contributed by atoms with Crippen LogP contribution in [-0.2, 0) is 38.8 Å². The van der Waals surface area contributed by atoms with Crippen molar-refractivity contribution in [3.05, 3.63) is 41.1 Å². The van der Waals surface area contributed by atoms with Gasteiger partial charge in [-0.15, -0.1) is 0 Å². The number of thioether (sulfide) groups is 1. The molecular formula is C22H28N4O4S. The third-order valence-corrected chi connectivity index (χ3v) is 6.49. The van der Waals surface area contributed by atoms with Crippen molar-refractivity contribution in [2.45, 2.75) is 49.8 Å². The van der Waals surface area contributed by atoms with Crippen molar-refractivity contribution in [3.63, 3.8) is 0 Å². The molecule has 0 saturated carbocycles. The van der Waals surface area contributed by atoms with Crippen molar-refractivity contribution in [1.29, 1.82) is 0 Å². The molecule has 1 aromatic carbocycles. The van der Waals surface area contributed by atoms with Crippen molar-refractivity contribution < 1.29 is 19.1 Å². The van der Waals surface area contributed by atoms with Crippen LogP contribution in [0.5, 0.6) is 5.75 Å². The van der Waals surface area contributed by atoms with Crippen LogP contribution in [0, 0.1) is 0 Å². The van der Waals surface area contributed by atoms with E-state index in [1.165, 1.54) is 0 Å². The van der Waals surface area contributed by atoms with Crippen molar-refractivity contribution in [2.75, 3.05) is 25.6 Å². The van der Waals surface area contributed by atoms with Crippen LogP contribution in [0.25, 0.3) is 0 Å². The predicted octanol–water partition coefficient (Wildman–Crippen LogP) is 2.50. The monoisotopic (exact) mass is 444 g/mol. The lowest BCUT2D eigenvalue weighted by atomic mass is 10.1. The standard InChI is InChI=1S/C22H28N4O4S/c1-29-16-7-4-15(5-8-16)6-9-20(27)24-22-18-13-31-14-19(18)25-26(22)12-21(28)23-11-17-3-2-10-30-17/h4-5,7-8,17H,2-3,6,9-14H2,1H3,(H,23,28)(H,24,27)/t17-/m0/s1. The van der Waals surface area contributed by atoms with Crippen LogP contribution < -0.4 is 15.4 Å². The maximum atomic E-state index is 12.6. The second-order valence-electron chi connectivity index (χ2n) is 7.76. The topological polar surface area (TPSA) is 94.5 Å². The van der Waals surface area contributed by atoms with Gasteiger partial charge in [0.05, 0.1) is 18.9 Å². The average molecular weight is 445 g/mol. The van der Waals surface area contributed by atoms with Gasteiger partial charge in [0.25, 0.3) is 0 Å². The molecule has 166 valence electrons. The highest BCUT2D eigenvalue weighted by Gasteiger charge is 2.25. The Morgan fingerprint density at radius 1 is 1.26 bits per heavy atom. The molecule has 0 bridgehead atoms. The fraction of sp³-hybridized carbons (Fsp3) is 0.500. The SMILES string of the molecule is COc1ccc(CCC(=O)Nc2c3c(nn2CC(=O)NC[C@@H]2CCCO2)CSC3)cc1. The number of methoxy groups -OCH3 is 1. The van der Waals surface area contributed by atoms with Crippen molar-refractivity contribution in [2.24, 2.45) is 0 Å². The quantitative estimate of drug-likeness (QED) is 0.617. The summed E-state index contributed by atoms with van der Waals surface area (Å²) >= 11 is 1.76. The normalized spacial score (nSPS) is 17.4. The van der Waals surface area contributed by atoms with Gasteiger partial charge in [0, 0.05) is 36.6 Å². The van der Waals surface area contributed by atoms with Gasteiger partial charge < -0.3 is 20.1 Å². The summed E-state index contributed by atoms with van der Waals surface area (Å²) in [6.45, 7) is 1.36. The van der Waals surface area contributed by atoms with E-state index in [4.69, 9.17) is 9.47 Å². The first kappa shape index (κ1) is 21.7. The lowest BCUT2D eigenvalue weighted by Gasteiger charge is -2.13. The molecule has 1 aromatic heterocycles. The lowest BCUT2D eigenvalue weighted by Crippen LogP contribution is -2.34. The minimum Gasteiger partial charge on any atom is -0.497 e. The summed E-state index contributed by atoms with van der Waals surface area (Å²) in [4.78, 5) is 25.1. The molecule has 1 atom stereocenters. The van der Waals surface area contributed by atoms with Crippen LogP contribution in [0.2, 0.25) is 0 Å². The summed E-state index contributed by atoms with van der Waals surface area (Å²) in [6, 6.07) is 7.70. The fourth-order valence-corrected chi connectivity index (χ4v) is 4.82. The molecule has 4 rings (SSSR count). The number of carbonyl (C=O) groups excluding carboxylic acids is 2. The Morgan fingerprint density at radius 2 is 2.10 bits per heavy atom. The van der Waals surface area contributed by atoms with Gasteiger partial charge in [0.1, 0.15) is 18.1 Å². The summed E-state index contributed by atoms with van der Waals surface area (Å²) in [5.41, 5.74) is 3.04. The van der Waals surface area contributed by atoms with Gasteiger partial charge in [-0.1, -0.05) is 12.1 Å². The van der Waals surface area contributed by atoms with Crippen LogP contribution in [-0.4, -0.2) is 48.0 Å². The van der Waals surface area contributed by atoms with E-state index in [2.05, 4.69) is 15.7 Å². The third-order valence-electron chi connectivity index (χ3n) is 5.52. The van der Waals surface area contributed by atoms with Crippen molar-refractivity contribution in [1.82, 2.24) is 15.1 Å². The van der Waals surface area contributed by atoms with Crippen LogP contribution in [0.4, 0.5) is 5.82 Å². The highest BCUT2D eigenvalue weighted by atomic mass is 32.2. The first-order valence-electron chi connectivity index (χ1n) is 10.6. The zero-order chi connectivity index (χ0) is 21.6. The number of ether oxygens (including phenoxy) is 2. The number of rotatable bonds is 9.